The Balaban J connectivity index is 2.88. The summed E-state index contributed by atoms with van der Waals surface area (Å²) in [5.41, 5.74) is 5.80. The Morgan fingerprint density at radius 1 is 1.56 bits per heavy atom. The average molecular weight is 254 g/mol. The molecule has 0 amide bonds. The molecule has 0 aliphatic carbocycles. The second kappa shape index (κ2) is 3.63. The van der Waals surface area contributed by atoms with Gasteiger partial charge in [-0.1, -0.05) is 11.6 Å². The fourth-order valence-corrected chi connectivity index (χ4v) is 2.74. The maximum atomic E-state index is 10.6. The standard InChI is InChI=1S/C9H4ClN3O2S/c10-6-1-4(13(14)15)2-7-8(6)5(3-11)9(12)16-7/h1-2H,12H2. The Bertz CT molecular complexity index is 644. The second-order valence-corrected chi connectivity index (χ2v) is 4.50. The van der Waals surface area contributed by atoms with Crippen LogP contribution in [0.3, 0.4) is 0 Å². The lowest BCUT2D eigenvalue weighted by atomic mass is 10.1. The van der Waals surface area contributed by atoms with E-state index in [0.717, 1.165) is 11.3 Å². The minimum absolute atomic E-state index is 0.108. The number of fused-ring (bicyclic) bond motifs is 1. The maximum Gasteiger partial charge on any atom is 0.272 e. The van der Waals surface area contributed by atoms with E-state index in [4.69, 9.17) is 22.6 Å². The van der Waals surface area contributed by atoms with Gasteiger partial charge < -0.3 is 5.73 Å². The first kappa shape index (κ1) is 10.7. The van der Waals surface area contributed by atoms with Crippen LogP contribution >= 0.6 is 22.9 Å². The fraction of sp³-hybridized carbons (Fsp3) is 0. The predicted molar refractivity (Wildman–Crippen MR) is 62.6 cm³/mol. The lowest BCUT2D eigenvalue weighted by Gasteiger charge is -1.95. The van der Waals surface area contributed by atoms with Crippen molar-refractivity contribution in [2.24, 2.45) is 0 Å². The van der Waals surface area contributed by atoms with Crippen molar-refractivity contribution >= 4 is 43.7 Å². The molecule has 16 heavy (non-hydrogen) atoms. The quantitative estimate of drug-likeness (QED) is 0.625. The number of anilines is 1. The van der Waals surface area contributed by atoms with Gasteiger partial charge in [0.25, 0.3) is 5.69 Å². The highest BCUT2D eigenvalue weighted by Gasteiger charge is 2.17. The van der Waals surface area contributed by atoms with E-state index in [1.54, 1.807) is 0 Å². The Morgan fingerprint density at radius 2 is 2.25 bits per heavy atom. The van der Waals surface area contributed by atoms with Gasteiger partial charge in [-0.3, -0.25) is 10.1 Å². The molecule has 1 aromatic carbocycles. The highest BCUT2D eigenvalue weighted by Crippen LogP contribution is 2.39. The van der Waals surface area contributed by atoms with Crippen LogP contribution < -0.4 is 5.73 Å². The van der Waals surface area contributed by atoms with Crippen molar-refractivity contribution in [1.29, 1.82) is 5.26 Å². The summed E-state index contributed by atoms with van der Waals surface area (Å²) in [7, 11) is 0. The van der Waals surface area contributed by atoms with Gasteiger partial charge in [0.2, 0.25) is 0 Å². The molecular formula is C9H4ClN3O2S. The molecule has 0 atom stereocenters. The van der Waals surface area contributed by atoms with Gasteiger partial charge in [0.05, 0.1) is 15.5 Å². The minimum Gasteiger partial charge on any atom is -0.389 e. The molecule has 0 spiro atoms. The zero-order valence-electron chi connectivity index (χ0n) is 7.73. The SMILES string of the molecule is N#Cc1c(N)sc2cc([N+](=O)[O-])cc(Cl)c12. The summed E-state index contributed by atoms with van der Waals surface area (Å²) < 4.78 is 0.549. The molecule has 2 N–H and O–H groups in total. The van der Waals surface area contributed by atoms with Gasteiger partial charge in [0.1, 0.15) is 11.1 Å². The third kappa shape index (κ3) is 1.46. The fourth-order valence-electron chi connectivity index (χ4n) is 1.40. The summed E-state index contributed by atoms with van der Waals surface area (Å²) >= 11 is 7.01. The van der Waals surface area contributed by atoms with E-state index >= 15 is 0 Å². The summed E-state index contributed by atoms with van der Waals surface area (Å²) in [6.45, 7) is 0. The van der Waals surface area contributed by atoms with Crippen LogP contribution in [0.15, 0.2) is 12.1 Å². The lowest BCUT2D eigenvalue weighted by Crippen LogP contribution is -1.87. The number of hydrogen-bond acceptors (Lipinski definition) is 5. The van der Waals surface area contributed by atoms with E-state index in [-0.39, 0.29) is 16.3 Å². The number of nitriles is 1. The molecule has 0 aliphatic heterocycles. The van der Waals surface area contributed by atoms with Crippen molar-refractivity contribution in [2.45, 2.75) is 0 Å². The van der Waals surface area contributed by atoms with Gasteiger partial charge in [-0.2, -0.15) is 5.26 Å². The van der Waals surface area contributed by atoms with Crippen LogP contribution in [0.25, 0.3) is 10.1 Å². The van der Waals surface area contributed by atoms with E-state index in [9.17, 15) is 10.1 Å². The number of nitrogens with zero attached hydrogens (tertiary/aromatic N) is 2. The van der Waals surface area contributed by atoms with Crippen LogP contribution in [0.5, 0.6) is 0 Å². The largest absolute Gasteiger partial charge is 0.389 e. The van der Waals surface area contributed by atoms with Gasteiger partial charge >= 0.3 is 0 Å². The Kier molecular flexibility index (Phi) is 2.42. The minimum atomic E-state index is -0.534. The Hall–Kier alpha value is -1.84. The molecule has 1 aromatic heterocycles. The summed E-state index contributed by atoms with van der Waals surface area (Å²) in [5.74, 6) is 0. The molecule has 2 rings (SSSR count). The number of nitro groups is 1. The third-order valence-electron chi connectivity index (χ3n) is 2.08. The Morgan fingerprint density at radius 3 is 2.81 bits per heavy atom. The average Bonchev–Trinajstić information content (AvgIpc) is 2.53. The number of thiophene rings is 1. The van der Waals surface area contributed by atoms with Gasteiger partial charge in [-0.15, -0.1) is 11.3 Å². The van der Waals surface area contributed by atoms with Crippen molar-refractivity contribution < 1.29 is 4.92 Å². The number of nitro benzene ring substituents is 1. The molecule has 0 bridgehead atoms. The zero-order valence-corrected chi connectivity index (χ0v) is 9.30. The molecule has 0 radical (unpaired) electrons. The smallest absolute Gasteiger partial charge is 0.272 e. The molecule has 2 aromatic rings. The first-order chi connectivity index (χ1) is 7.54. The van der Waals surface area contributed by atoms with Crippen LogP contribution in [0.2, 0.25) is 5.02 Å². The number of nitrogens with two attached hydrogens (primary N) is 1. The van der Waals surface area contributed by atoms with E-state index in [2.05, 4.69) is 0 Å². The normalized spacial score (nSPS) is 10.2. The van der Waals surface area contributed by atoms with Crippen LogP contribution in [-0.4, -0.2) is 4.92 Å². The summed E-state index contributed by atoms with van der Waals surface area (Å²) in [5, 5.41) is 20.5. The lowest BCUT2D eigenvalue weighted by molar-refractivity contribution is -0.384. The number of non-ortho nitro benzene ring substituents is 1. The number of nitrogen functional groups attached to an aromatic ring is 1. The number of halogens is 1. The summed E-state index contributed by atoms with van der Waals surface area (Å²) in [6.07, 6.45) is 0. The molecule has 0 aliphatic rings. The van der Waals surface area contributed by atoms with Crippen molar-refractivity contribution in [1.82, 2.24) is 0 Å². The summed E-state index contributed by atoms with van der Waals surface area (Å²) in [6, 6.07) is 4.52. The van der Waals surface area contributed by atoms with Gasteiger partial charge in [-0.05, 0) is 0 Å². The first-order valence-corrected chi connectivity index (χ1v) is 5.30. The number of rotatable bonds is 1. The highest BCUT2D eigenvalue weighted by atomic mass is 35.5. The molecule has 1 heterocycles. The predicted octanol–water partition coefficient (Wildman–Crippen LogP) is 2.92. The zero-order chi connectivity index (χ0) is 11.9. The molecule has 5 nitrogen and oxygen atoms in total. The molecule has 80 valence electrons. The van der Waals surface area contributed by atoms with E-state index in [1.807, 2.05) is 6.07 Å². The first-order valence-electron chi connectivity index (χ1n) is 4.10. The van der Waals surface area contributed by atoms with Crippen LogP contribution in [-0.2, 0) is 0 Å². The molecule has 0 unspecified atom stereocenters. The van der Waals surface area contributed by atoms with Crippen molar-refractivity contribution in [3.05, 3.63) is 32.8 Å². The molecule has 0 saturated heterocycles. The van der Waals surface area contributed by atoms with E-state index in [0.29, 0.717) is 15.1 Å². The van der Waals surface area contributed by atoms with Crippen LogP contribution in [0, 0.1) is 21.4 Å². The number of hydrogen-bond donors (Lipinski definition) is 1. The summed E-state index contributed by atoms with van der Waals surface area (Å²) in [4.78, 5) is 10.1. The molecule has 7 heteroatoms. The van der Waals surface area contributed by atoms with Gasteiger partial charge in [0.15, 0.2) is 0 Å². The van der Waals surface area contributed by atoms with Crippen molar-refractivity contribution in [3.8, 4) is 6.07 Å². The van der Waals surface area contributed by atoms with Crippen LogP contribution in [0.4, 0.5) is 10.7 Å². The number of benzene rings is 1. The highest BCUT2D eigenvalue weighted by molar-refractivity contribution is 7.23. The van der Waals surface area contributed by atoms with Gasteiger partial charge in [-0.25, -0.2) is 0 Å². The van der Waals surface area contributed by atoms with E-state index < -0.39 is 4.92 Å². The van der Waals surface area contributed by atoms with Crippen molar-refractivity contribution in [3.63, 3.8) is 0 Å². The molecular weight excluding hydrogens is 250 g/mol. The van der Waals surface area contributed by atoms with Crippen molar-refractivity contribution in [2.75, 3.05) is 5.73 Å². The molecule has 0 saturated carbocycles. The third-order valence-corrected chi connectivity index (χ3v) is 3.34. The van der Waals surface area contributed by atoms with E-state index in [1.165, 1.54) is 12.1 Å². The van der Waals surface area contributed by atoms with Gasteiger partial charge in [0, 0.05) is 22.2 Å². The second-order valence-electron chi connectivity index (χ2n) is 3.01. The molecule has 0 fully saturated rings. The maximum absolute atomic E-state index is 10.6. The monoisotopic (exact) mass is 253 g/mol. The topological polar surface area (TPSA) is 93.0 Å². The Labute approximate surface area is 98.8 Å². The van der Waals surface area contributed by atoms with Crippen LogP contribution in [0.1, 0.15) is 5.56 Å².